The molecule has 1 N–H and O–H groups in total. The predicted octanol–water partition coefficient (Wildman–Crippen LogP) is 7.94. The zero-order chi connectivity index (χ0) is 21.7. The summed E-state index contributed by atoms with van der Waals surface area (Å²) in [4.78, 5) is 0. The molecule has 0 amide bonds. The van der Waals surface area contributed by atoms with Crippen molar-refractivity contribution in [3.8, 4) is 0 Å². The smallest absolute Gasteiger partial charge is 0.0577 e. The first-order chi connectivity index (χ1) is 14.2. The summed E-state index contributed by atoms with van der Waals surface area (Å²) in [6, 6.07) is 0. The minimum absolute atomic E-state index is 0.0869. The van der Waals surface area contributed by atoms with Crippen molar-refractivity contribution in [2.24, 2.45) is 46.3 Å². The van der Waals surface area contributed by atoms with E-state index in [1.807, 2.05) is 0 Å². The number of rotatable bonds is 5. The fourth-order valence-electron chi connectivity index (χ4n) is 8.78. The first kappa shape index (κ1) is 22.6. The molecule has 0 spiro atoms. The van der Waals surface area contributed by atoms with Crippen LogP contribution < -0.4 is 0 Å². The number of hydrogen-bond donors (Lipinski definition) is 1. The van der Waals surface area contributed by atoms with Gasteiger partial charge in [-0.1, -0.05) is 64.3 Å². The van der Waals surface area contributed by atoms with Crippen molar-refractivity contribution in [3.63, 3.8) is 0 Å². The summed E-state index contributed by atoms with van der Waals surface area (Å²) in [5, 5.41) is 10.2. The topological polar surface area (TPSA) is 20.2 Å². The Morgan fingerprint density at radius 3 is 2.60 bits per heavy atom. The van der Waals surface area contributed by atoms with Gasteiger partial charge >= 0.3 is 0 Å². The van der Waals surface area contributed by atoms with Crippen molar-refractivity contribution in [3.05, 3.63) is 23.3 Å². The summed E-state index contributed by atoms with van der Waals surface area (Å²) in [6.45, 7) is 14.8. The van der Waals surface area contributed by atoms with Crippen LogP contribution >= 0.6 is 0 Å². The van der Waals surface area contributed by atoms with Crippen LogP contribution in [0.2, 0.25) is 0 Å². The maximum atomic E-state index is 10.2. The summed E-state index contributed by atoms with van der Waals surface area (Å²) in [7, 11) is 0. The molecule has 3 fully saturated rings. The van der Waals surface area contributed by atoms with Gasteiger partial charge in [0.2, 0.25) is 0 Å². The molecule has 8 atom stereocenters. The predicted molar refractivity (Wildman–Crippen MR) is 128 cm³/mol. The molecule has 0 aromatic heterocycles. The Labute approximate surface area is 186 Å². The second-order valence-corrected chi connectivity index (χ2v) is 12.4. The maximum Gasteiger partial charge on any atom is 0.0577 e. The van der Waals surface area contributed by atoms with Crippen molar-refractivity contribution < 1.29 is 5.11 Å². The van der Waals surface area contributed by atoms with Gasteiger partial charge in [0, 0.05) is 0 Å². The van der Waals surface area contributed by atoms with Gasteiger partial charge in [0.05, 0.1) is 6.10 Å². The van der Waals surface area contributed by atoms with Crippen molar-refractivity contribution >= 4 is 0 Å². The minimum atomic E-state index is -0.0869. The Hall–Kier alpha value is -0.560. The highest BCUT2D eigenvalue weighted by molar-refractivity contribution is 5.26. The van der Waals surface area contributed by atoms with E-state index in [2.05, 4.69) is 53.7 Å². The second kappa shape index (κ2) is 8.42. The Balaban J connectivity index is 1.53. The lowest BCUT2D eigenvalue weighted by Gasteiger charge is -2.58. The molecule has 0 aromatic carbocycles. The summed E-state index contributed by atoms with van der Waals surface area (Å²) in [5.41, 5.74) is 4.20. The number of fused-ring (bicyclic) bond motifs is 5. The average Bonchev–Trinajstić information content (AvgIpc) is 3.06. The van der Waals surface area contributed by atoms with Crippen molar-refractivity contribution in [1.82, 2.24) is 0 Å². The molecule has 4 aliphatic rings. The molecule has 1 heteroatoms. The van der Waals surface area contributed by atoms with Gasteiger partial charge in [-0.2, -0.15) is 0 Å². The Morgan fingerprint density at radius 1 is 1.13 bits per heavy atom. The lowest BCUT2D eigenvalue weighted by Crippen LogP contribution is -2.50. The normalized spacial score (nSPS) is 44.9. The third-order valence-corrected chi connectivity index (χ3v) is 10.8. The van der Waals surface area contributed by atoms with E-state index in [0.29, 0.717) is 10.8 Å². The molecule has 8 unspecified atom stereocenters. The lowest BCUT2D eigenvalue weighted by atomic mass is 9.47. The zero-order valence-corrected chi connectivity index (χ0v) is 20.7. The largest absolute Gasteiger partial charge is 0.393 e. The Bertz CT molecular complexity index is 686. The van der Waals surface area contributed by atoms with Gasteiger partial charge in [-0.05, 0) is 111 Å². The third kappa shape index (κ3) is 3.66. The Morgan fingerprint density at radius 2 is 1.90 bits per heavy atom. The van der Waals surface area contributed by atoms with Crippen LogP contribution in [0.15, 0.2) is 23.3 Å². The van der Waals surface area contributed by atoms with Crippen LogP contribution in [-0.4, -0.2) is 11.2 Å². The summed E-state index contributed by atoms with van der Waals surface area (Å²) >= 11 is 0. The standard InChI is InChI=1S/C29H48O/c1-7-21(19(2)3)9-8-20(4)25-12-13-26-24-11-10-22-18-23(30)14-16-28(22,5)27(24)15-17-29(25,26)6/h8,10,19,21,23-27,30H,7,9,11-18H2,1-6H3. The number of hydrogen-bond acceptors (Lipinski definition) is 1. The molecule has 0 heterocycles. The van der Waals surface area contributed by atoms with Crippen LogP contribution in [0.25, 0.3) is 0 Å². The van der Waals surface area contributed by atoms with E-state index >= 15 is 0 Å². The molecule has 4 aliphatic carbocycles. The van der Waals surface area contributed by atoms with Gasteiger partial charge in [-0.3, -0.25) is 0 Å². The highest BCUT2D eigenvalue weighted by Crippen LogP contribution is 2.67. The van der Waals surface area contributed by atoms with Gasteiger partial charge < -0.3 is 5.11 Å². The molecule has 30 heavy (non-hydrogen) atoms. The van der Waals surface area contributed by atoms with Crippen molar-refractivity contribution in [2.45, 2.75) is 112 Å². The summed E-state index contributed by atoms with van der Waals surface area (Å²) in [6.07, 6.45) is 17.8. The van der Waals surface area contributed by atoms with Crippen molar-refractivity contribution in [1.29, 1.82) is 0 Å². The molecule has 1 nitrogen and oxygen atoms in total. The molecule has 3 saturated carbocycles. The van der Waals surface area contributed by atoms with Crippen LogP contribution in [0, 0.1) is 46.3 Å². The van der Waals surface area contributed by atoms with Gasteiger partial charge in [-0.25, -0.2) is 0 Å². The fraction of sp³-hybridized carbons (Fsp3) is 0.862. The molecule has 0 aliphatic heterocycles. The van der Waals surface area contributed by atoms with E-state index in [1.54, 1.807) is 11.1 Å². The number of allylic oxidation sites excluding steroid dienone is 3. The monoisotopic (exact) mass is 412 g/mol. The number of aliphatic hydroxyl groups is 1. The Kier molecular flexibility index (Phi) is 6.35. The van der Waals surface area contributed by atoms with E-state index in [1.165, 1.54) is 51.4 Å². The average molecular weight is 413 g/mol. The van der Waals surface area contributed by atoms with Crippen LogP contribution in [0.3, 0.4) is 0 Å². The van der Waals surface area contributed by atoms with Gasteiger partial charge in [0.15, 0.2) is 0 Å². The summed E-state index contributed by atoms with van der Waals surface area (Å²) in [5.74, 6) is 5.07. The van der Waals surface area contributed by atoms with Crippen molar-refractivity contribution in [2.75, 3.05) is 0 Å². The number of aliphatic hydroxyl groups excluding tert-OH is 1. The van der Waals surface area contributed by atoms with E-state index < -0.39 is 0 Å². The van der Waals surface area contributed by atoms with Crippen LogP contribution in [0.5, 0.6) is 0 Å². The molecule has 0 bridgehead atoms. The lowest BCUT2D eigenvalue weighted by molar-refractivity contribution is -0.0454. The quantitative estimate of drug-likeness (QED) is 0.454. The van der Waals surface area contributed by atoms with E-state index in [0.717, 1.165) is 48.3 Å². The van der Waals surface area contributed by atoms with Gasteiger partial charge in [0.1, 0.15) is 0 Å². The molecule has 4 rings (SSSR count). The first-order valence-corrected chi connectivity index (χ1v) is 13.2. The van der Waals surface area contributed by atoms with E-state index in [-0.39, 0.29) is 6.10 Å². The second-order valence-electron chi connectivity index (χ2n) is 12.4. The molecule has 0 radical (unpaired) electrons. The molecule has 0 saturated heterocycles. The van der Waals surface area contributed by atoms with Crippen LogP contribution in [-0.2, 0) is 0 Å². The third-order valence-electron chi connectivity index (χ3n) is 10.8. The SMILES string of the molecule is CCC(CC=C(C)C1CCC2C3CC=C4CC(O)CCC4(C)C3CCC12C)C(C)C. The first-order valence-electron chi connectivity index (χ1n) is 13.2. The molecular formula is C29H48O. The highest BCUT2D eigenvalue weighted by atomic mass is 16.3. The van der Waals surface area contributed by atoms with E-state index in [4.69, 9.17) is 0 Å². The fourth-order valence-corrected chi connectivity index (χ4v) is 8.78. The maximum absolute atomic E-state index is 10.2. The highest BCUT2D eigenvalue weighted by Gasteiger charge is 2.58. The van der Waals surface area contributed by atoms with E-state index in [9.17, 15) is 5.11 Å². The molecule has 0 aromatic rings. The minimum Gasteiger partial charge on any atom is -0.393 e. The molecular weight excluding hydrogens is 364 g/mol. The molecule has 170 valence electrons. The zero-order valence-electron chi connectivity index (χ0n) is 20.7. The van der Waals surface area contributed by atoms with Crippen LogP contribution in [0.4, 0.5) is 0 Å². The van der Waals surface area contributed by atoms with Crippen LogP contribution in [0.1, 0.15) is 106 Å². The van der Waals surface area contributed by atoms with Gasteiger partial charge in [-0.15, -0.1) is 0 Å². The van der Waals surface area contributed by atoms with Gasteiger partial charge in [0.25, 0.3) is 0 Å². The summed E-state index contributed by atoms with van der Waals surface area (Å²) < 4.78 is 0.